The number of rotatable bonds is 5. The van der Waals surface area contributed by atoms with E-state index in [0.717, 1.165) is 17.5 Å². The molecule has 1 aliphatic carbocycles. The lowest BCUT2D eigenvalue weighted by Crippen LogP contribution is -2.26. The fourth-order valence-corrected chi connectivity index (χ4v) is 4.24. The molecule has 0 spiro atoms. The van der Waals surface area contributed by atoms with Gasteiger partial charge in [-0.05, 0) is 42.2 Å². The van der Waals surface area contributed by atoms with Crippen LogP contribution in [-0.2, 0) is 23.0 Å². The zero-order chi connectivity index (χ0) is 18.0. The Morgan fingerprint density at radius 1 is 1.04 bits per heavy atom. The van der Waals surface area contributed by atoms with Crippen molar-refractivity contribution in [2.24, 2.45) is 0 Å². The van der Waals surface area contributed by atoms with Crippen LogP contribution >= 0.6 is 0 Å². The molecule has 0 atom stereocenters. The topological polar surface area (TPSA) is 76.9 Å². The van der Waals surface area contributed by atoms with Crippen LogP contribution in [0.2, 0.25) is 0 Å². The molecule has 26 heavy (non-hydrogen) atoms. The third kappa shape index (κ3) is 3.31. The molecule has 7 heteroatoms. The van der Waals surface area contributed by atoms with Gasteiger partial charge in [0.05, 0.1) is 4.91 Å². The standard InChI is InChI=1S/C19H18N4O2S/c24-26(25,18-9-8-15-5-1-2-6-16(15)13-18)22-14-17-7-3-10-20-19(17)23-12-4-11-21-23/h1-7,10-13,22H,8-9,14H2. The van der Waals surface area contributed by atoms with Gasteiger partial charge in [0.25, 0.3) is 0 Å². The van der Waals surface area contributed by atoms with Gasteiger partial charge in [0.15, 0.2) is 5.82 Å². The van der Waals surface area contributed by atoms with Crippen LogP contribution in [0.3, 0.4) is 0 Å². The number of hydrogen-bond acceptors (Lipinski definition) is 4. The third-order valence-corrected chi connectivity index (χ3v) is 5.94. The summed E-state index contributed by atoms with van der Waals surface area (Å²) in [6, 6.07) is 13.3. The molecule has 1 aromatic carbocycles. The first-order valence-electron chi connectivity index (χ1n) is 8.35. The Balaban J connectivity index is 1.57. The lowest BCUT2D eigenvalue weighted by Gasteiger charge is -2.17. The van der Waals surface area contributed by atoms with Gasteiger partial charge >= 0.3 is 0 Å². The number of pyridine rings is 1. The SMILES string of the molecule is O=S(=O)(NCc1cccnc1-n1cccn1)C1=Cc2ccccc2CC1. The van der Waals surface area contributed by atoms with Gasteiger partial charge < -0.3 is 0 Å². The molecular formula is C19H18N4O2S. The van der Waals surface area contributed by atoms with E-state index < -0.39 is 10.0 Å². The second kappa shape index (κ2) is 6.86. The van der Waals surface area contributed by atoms with Crippen LogP contribution in [-0.4, -0.2) is 23.2 Å². The van der Waals surface area contributed by atoms with Gasteiger partial charge in [-0.15, -0.1) is 0 Å². The number of nitrogens with zero attached hydrogens (tertiary/aromatic N) is 3. The van der Waals surface area contributed by atoms with E-state index in [1.165, 1.54) is 5.56 Å². The Labute approximate surface area is 152 Å². The molecule has 132 valence electrons. The number of hydrogen-bond donors (Lipinski definition) is 1. The molecule has 0 radical (unpaired) electrons. The van der Waals surface area contributed by atoms with Gasteiger partial charge in [0, 0.05) is 30.7 Å². The van der Waals surface area contributed by atoms with Crippen LogP contribution < -0.4 is 4.72 Å². The second-order valence-corrected chi connectivity index (χ2v) is 7.89. The Hall–Kier alpha value is -2.77. The molecule has 0 saturated heterocycles. The maximum Gasteiger partial charge on any atom is 0.237 e. The number of nitrogens with one attached hydrogen (secondary N) is 1. The number of aromatic nitrogens is 3. The molecule has 0 amide bonds. The van der Waals surface area contributed by atoms with Crippen molar-refractivity contribution in [1.82, 2.24) is 19.5 Å². The molecule has 0 unspecified atom stereocenters. The highest BCUT2D eigenvalue weighted by Crippen LogP contribution is 2.26. The summed E-state index contributed by atoms with van der Waals surface area (Å²) >= 11 is 0. The summed E-state index contributed by atoms with van der Waals surface area (Å²) in [7, 11) is -3.56. The van der Waals surface area contributed by atoms with Gasteiger partial charge in [-0.1, -0.05) is 30.3 Å². The van der Waals surface area contributed by atoms with E-state index in [1.807, 2.05) is 30.3 Å². The molecule has 0 fully saturated rings. The molecule has 2 aromatic heterocycles. The first-order chi connectivity index (χ1) is 12.6. The minimum atomic E-state index is -3.56. The Morgan fingerprint density at radius 2 is 1.92 bits per heavy atom. The zero-order valence-electron chi connectivity index (χ0n) is 14.0. The lowest BCUT2D eigenvalue weighted by atomic mass is 9.98. The number of aryl methyl sites for hydroxylation is 1. The molecule has 6 nitrogen and oxygen atoms in total. The highest BCUT2D eigenvalue weighted by molar-refractivity contribution is 7.93. The fourth-order valence-electron chi connectivity index (χ4n) is 3.05. The molecule has 2 heterocycles. The van der Waals surface area contributed by atoms with Crippen molar-refractivity contribution >= 4 is 16.1 Å². The van der Waals surface area contributed by atoms with Crippen LogP contribution in [0, 0.1) is 0 Å². The summed E-state index contributed by atoms with van der Waals surface area (Å²) in [4.78, 5) is 4.73. The molecule has 3 aromatic rings. The first-order valence-corrected chi connectivity index (χ1v) is 9.84. The predicted octanol–water partition coefficient (Wildman–Crippen LogP) is 2.67. The second-order valence-electron chi connectivity index (χ2n) is 6.07. The van der Waals surface area contributed by atoms with Crippen molar-refractivity contribution in [1.29, 1.82) is 0 Å². The molecular weight excluding hydrogens is 348 g/mol. The Morgan fingerprint density at radius 3 is 2.77 bits per heavy atom. The van der Waals surface area contributed by atoms with Gasteiger partial charge in [-0.25, -0.2) is 22.8 Å². The van der Waals surface area contributed by atoms with Crippen LogP contribution in [0.25, 0.3) is 11.9 Å². The van der Waals surface area contributed by atoms with Gasteiger partial charge in [0.2, 0.25) is 10.0 Å². The summed E-state index contributed by atoms with van der Waals surface area (Å²) in [5.74, 6) is 0.614. The van der Waals surface area contributed by atoms with E-state index >= 15 is 0 Å². The normalized spacial score (nSPS) is 13.9. The summed E-state index contributed by atoms with van der Waals surface area (Å²) in [6.07, 6.45) is 8.10. The molecule has 4 rings (SSSR count). The van der Waals surface area contributed by atoms with E-state index in [2.05, 4.69) is 14.8 Å². The molecule has 0 bridgehead atoms. The maximum absolute atomic E-state index is 12.7. The number of benzene rings is 1. The van der Waals surface area contributed by atoms with Crippen molar-refractivity contribution in [3.05, 3.63) is 82.7 Å². The van der Waals surface area contributed by atoms with Crippen LogP contribution in [0.1, 0.15) is 23.1 Å². The summed E-state index contributed by atoms with van der Waals surface area (Å²) in [6.45, 7) is 0.157. The fraction of sp³-hybridized carbons (Fsp3) is 0.158. The van der Waals surface area contributed by atoms with Gasteiger partial charge in [-0.3, -0.25) is 0 Å². The lowest BCUT2D eigenvalue weighted by molar-refractivity contribution is 0.585. The summed E-state index contributed by atoms with van der Waals surface area (Å²) in [5.41, 5.74) is 2.91. The van der Waals surface area contributed by atoms with Crippen LogP contribution in [0.4, 0.5) is 0 Å². The molecule has 1 N–H and O–H groups in total. The quantitative estimate of drug-likeness (QED) is 0.753. The highest BCUT2D eigenvalue weighted by atomic mass is 32.2. The average molecular weight is 366 g/mol. The third-order valence-electron chi connectivity index (χ3n) is 4.40. The Bertz CT molecular complexity index is 1060. The summed E-state index contributed by atoms with van der Waals surface area (Å²) < 4.78 is 29.8. The minimum Gasteiger partial charge on any atom is -0.237 e. The number of fused-ring (bicyclic) bond motifs is 1. The zero-order valence-corrected chi connectivity index (χ0v) is 14.9. The summed E-state index contributed by atoms with van der Waals surface area (Å²) in [5, 5.41) is 4.17. The van der Waals surface area contributed by atoms with Crippen molar-refractivity contribution in [3.63, 3.8) is 0 Å². The highest BCUT2D eigenvalue weighted by Gasteiger charge is 2.22. The molecule has 1 aliphatic rings. The van der Waals surface area contributed by atoms with Crippen molar-refractivity contribution in [2.75, 3.05) is 0 Å². The van der Waals surface area contributed by atoms with Crippen LogP contribution in [0.15, 0.2) is 66.0 Å². The minimum absolute atomic E-state index is 0.157. The van der Waals surface area contributed by atoms with Crippen LogP contribution in [0.5, 0.6) is 0 Å². The smallest absolute Gasteiger partial charge is 0.237 e. The van der Waals surface area contributed by atoms with Crippen molar-refractivity contribution in [3.8, 4) is 5.82 Å². The van der Waals surface area contributed by atoms with E-state index in [4.69, 9.17) is 0 Å². The van der Waals surface area contributed by atoms with E-state index in [-0.39, 0.29) is 6.54 Å². The molecule has 0 aliphatic heterocycles. The predicted molar refractivity (Wildman–Crippen MR) is 99.9 cm³/mol. The number of sulfonamides is 1. The average Bonchev–Trinajstić information content (AvgIpc) is 3.21. The van der Waals surface area contributed by atoms with E-state index in [1.54, 1.807) is 41.5 Å². The number of allylic oxidation sites excluding steroid dienone is 1. The maximum atomic E-state index is 12.7. The Kier molecular flexibility index (Phi) is 4.40. The van der Waals surface area contributed by atoms with Crippen molar-refractivity contribution < 1.29 is 8.42 Å². The van der Waals surface area contributed by atoms with E-state index in [9.17, 15) is 8.42 Å². The molecule has 0 saturated carbocycles. The monoisotopic (exact) mass is 366 g/mol. The first kappa shape index (κ1) is 16.7. The van der Waals surface area contributed by atoms with Crippen molar-refractivity contribution in [2.45, 2.75) is 19.4 Å². The van der Waals surface area contributed by atoms with Gasteiger partial charge in [0.1, 0.15) is 0 Å². The van der Waals surface area contributed by atoms with Gasteiger partial charge in [-0.2, -0.15) is 5.10 Å². The largest absolute Gasteiger partial charge is 0.237 e. The van der Waals surface area contributed by atoms with E-state index in [0.29, 0.717) is 17.1 Å².